The van der Waals surface area contributed by atoms with Crippen molar-refractivity contribution in [1.82, 2.24) is 10.3 Å². The zero-order valence-electron chi connectivity index (χ0n) is 13.3. The number of para-hydroxylation sites is 1. The number of piperidine rings is 1. The molecule has 2 heterocycles. The number of pyridine rings is 1. The van der Waals surface area contributed by atoms with Crippen molar-refractivity contribution in [3.63, 3.8) is 0 Å². The van der Waals surface area contributed by atoms with Gasteiger partial charge in [0.2, 0.25) is 5.88 Å². The summed E-state index contributed by atoms with van der Waals surface area (Å²) in [5.74, 6) is 0.729. The first-order valence-electron chi connectivity index (χ1n) is 7.65. The van der Waals surface area contributed by atoms with E-state index in [9.17, 15) is 0 Å². The Morgan fingerprint density at radius 3 is 2.38 bits per heavy atom. The van der Waals surface area contributed by atoms with Crippen LogP contribution in [-0.4, -0.2) is 22.2 Å². The molecular weight excluding hydrogens is 260 g/mol. The van der Waals surface area contributed by atoms with Crippen LogP contribution in [0.15, 0.2) is 36.4 Å². The Labute approximate surface area is 126 Å². The van der Waals surface area contributed by atoms with Gasteiger partial charge < -0.3 is 10.1 Å². The number of hydrogen-bond acceptors (Lipinski definition) is 3. The van der Waals surface area contributed by atoms with Crippen LogP contribution in [-0.2, 0) is 0 Å². The van der Waals surface area contributed by atoms with E-state index >= 15 is 0 Å². The van der Waals surface area contributed by atoms with E-state index in [-0.39, 0.29) is 17.2 Å². The third kappa shape index (κ3) is 3.35. The van der Waals surface area contributed by atoms with Gasteiger partial charge in [0.25, 0.3) is 0 Å². The Balaban J connectivity index is 1.81. The Morgan fingerprint density at radius 1 is 1.00 bits per heavy atom. The van der Waals surface area contributed by atoms with Gasteiger partial charge >= 0.3 is 0 Å². The monoisotopic (exact) mass is 284 g/mol. The largest absolute Gasteiger partial charge is 0.474 e. The van der Waals surface area contributed by atoms with E-state index in [0.717, 1.165) is 29.6 Å². The van der Waals surface area contributed by atoms with Crippen LogP contribution >= 0.6 is 0 Å². The van der Waals surface area contributed by atoms with E-state index in [0.29, 0.717) is 0 Å². The molecule has 1 aromatic heterocycles. The van der Waals surface area contributed by atoms with Crippen molar-refractivity contribution in [2.75, 3.05) is 0 Å². The molecule has 0 radical (unpaired) electrons. The molecule has 3 nitrogen and oxygen atoms in total. The van der Waals surface area contributed by atoms with Crippen molar-refractivity contribution in [2.24, 2.45) is 0 Å². The number of aromatic nitrogens is 1. The minimum Gasteiger partial charge on any atom is -0.474 e. The third-order valence-corrected chi connectivity index (χ3v) is 4.01. The van der Waals surface area contributed by atoms with Crippen LogP contribution in [0.4, 0.5) is 0 Å². The smallest absolute Gasteiger partial charge is 0.214 e. The molecule has 0 atom stereocenters. The third-order valence-electron chi connectivity index (χ3n) is 4.01. The van der Waals surface area contributed by atoms with Crippen molar-refractivity contribution >= 4 is 10.9 Å². The quantitative estimate of drug-likeness (QED) is 0.907. The normalized spacial score (nSPS) is 21.3. The zero-order valence-corrected chi connectivity index (χ0v) is 13.3. The van der Waals surface area contributed by atoms with Crippen LogP contribution in [0.5, 0.6) is 5.88 Å². The van der Waals surface area contributed by atoms with Crippen LogP contribution < -0.4 is 10.1 Å². The fourth-order valence-electron chi connectivity index (χ4n) is 3.60. The molecule has 1 aliphatic heterocycles. The summed E-state index contributed by atoms with van der Waals surface area (Å²) >= 11 is 0. The second-order valence-electron chi connectivity index (χ2n) is 7.38. The van der Waals surface area contributed by atoms with Gasteiger partial charge in [-0.3, -0.25) is 0 Å². The number of rotatable bonds is 2. The first kappa shape index (κ1) is 14.3. The van der Waals surface area contributed by atoms with Crippen molar-refractivity contribution in [3.05, 3.63) is 36.4 Å². The van der Waals surface area contributed by atoms with Gasteiger partial charge in [-0.25, -0.2) is 4.98 Å². The highest BCUT2D eigenvalue weighted by Gasteiger charge is 2.38. The van der Waals surface area contributed by atoms with Crippen LogP contribution in [0.2, 0.25) is 0 Å². The standard InChI is InChI=1S/C18H24N2O/c1-17(2)11-14(12-18(3,4)20-17)21-16-10-9-13-7-5-6-8-15(13)19-16/h5-10,14,20H,11-12H2,1-4H3. The fourth-order valence-corrected chi connectivity index (χ4v) is 3.60. The summed E-state index contributed by atoms with van der Waals surface area (Å²) in [5, 5.41) is 4.83. The van der Waals surface area contributed by atoms with Crippen molar-refractivity contribution < 1.29 is 4.74 Å². The first-order chi connectivity index (χ1) is 9.83. The lowest BCUT2D eigenvalue weighted by molar-refractivity contribution is 0.0532. The number of hydrogen-bond donors (Lipinski definition) is 1. The second-order valence-corrected chi connectivity index (χ2v) is 7.38. The SMILES string of the molecule is CC1(C)CC(Oc2ccc3ccccc3n2)CC(C)(C)N1. The highest BCUT2D eigenvalue weighted by Crippen LogP contribution is 2.31. The summed E-state index contributed by atoms with van der Waals surface area (Å²) in [6.07, 6.45) is 2.18. The molecule has 0 aliphatic carbocycles. The van der Waals surface area contributed by atoms with E-state index in [2.05, 4.69) is 50.1 Å². The maximum absolute atomic E-state index is 6.18. The maximum Gasteiger partial charge on any atom is 0.214 e. The molecule has 1 aromatic carbocycles. The highest BCUT2D eigenvalue weighted by molar-refractivity contribution is 5.78. The average Bonchev–Trinajstić information content (AvgIpc) is 2.34. The molecule has 112 valence electrons. The lowest BCUT2D eigenvalue weighted by atomic mass is 9.81. The second kappa shape index (κ2) is 4.99. The molecule has 3 heteroatoms. The van der Waals surface area contributed by atoms with E-state index in [1.165, 1.54) is 0 Å². The molecule has 0 spiro atoms. The minimum atomic E-state index is 0.0866. The van der Waals surface area contributed by atoms with E-state index in [1.54, 1.807) is 0 Å². The molecule has 0 amide bonds. The first-order valence-corrected chi connectivity index (χ1v) is 7.65. The molecule has 0 bridgehead atoms. The Kier molecular flexibility index (Phi) is 3.40. The molecule has 3 rings (SSSR count). The van der Waals surface area contributed by atoms with Crippen molar-refractivity contribution in [2.45, 2.75) is 57.7 Å². The number of fused-ring (bicyclic) bond motifs is 1. The van der Waals surface area contributed by atoms with Crippen LogP contribution in [0.1, 0.15) is 40.5 Å². The van der Waals surface area contributed by atoms with Gasteiger partial charge in [-0.2, -0.15) is 0 Å². The topological polar surface area (TPSA) is 34.1 Å². The van der Waals surface area contributed by atoms with Crippen LogP contribution in [0, 0.1) is 0 Å². The molecule has 0 saturated carbocycles. The summed E-state index contributed by atoms with van der Waals surface area (Å²) in [5.41, 5.74) is 1.16. The number of nitrogens with one attached hydrogen (secondary N) is 1. The molecule has 1 aliphatic rings. The Hall–Kier alpha value is -1.61. The predicted molar refractivity (Wildman–Crippen MR) is 86.7 cm³/mol. The average molecular weight is 284 g/mol. The molecule has 0 unspecified atom stereocenters. The van der Waals surface area contributed by atoms with Crippen molar-refractivity contribution in [1.29, 1.82) is 0 Å². The highest BCUT2D eigenvalue weighted by atomic mass is 16.5. The maximum atomic E-state index is 6.18. The molecule has 1 fully saturated rings. The van der Waals surface area contributed by atoms with Gasteiger partial charge in [-0.1, -0.05) is 18.2 Å². The Morgan fingerprint density at radius 2 is 1.67 bits per heavy atom. The summed E-state index contributed by atoms with van der Waals surface area (Å²) in [6, 6.07) is 12.2. The van der Waals surface area contributed by atoms with Crippen LogP contribution in [0.3, 0.4) is 0 Å². The van der Waals surface area contributed by atoms with Crippen LogP contribution in [0.25, 0.3) is 10.9 Å². The molecule has 21 heavy (non-hydrogen) atoms. The summed E-state index contributed by atoms with van der Waals surface area (Å²) in [4.78, 5) is 4.62. The van der Waals surface area contributed by atoms with E-state index in [1.807, 2.05) is 24.3 Å². The summed E-state index contributed by atoms with van der Waals surface area (Å²) < 4.78 is 6.18. The molecule has 1 N–H and O–H groups in total. The van der Waals surface area contributed by atoms with Gasteiger partial charge in [0.1, 0.15) is 6.10 Å². The number of benzene rings is 1. The van der Waals surface area contributed by atoms with Gasteiger partial charge in [-0.05, 0) is 39.8 Å². The minimum absolute atomic E-state index is 0.0866. The number of ether oxygens (including phenoxy) is 1. The zero-order chi connectivity index (χ0) is 15.1. The molecular formula is C18H24N2O. The fraction of sp³-hybridized carbons (Fsp3) is 0.500. The van der Waals surface area contributed by atoms with E-state index in [4.69, 9.17) is 4.74 Å². The van der Waals surface area contributed by atoms with Gasteiger partial charge in [0, 0.05) is 35.4 Å². The lowest BCUT2D eigenvalue weighted by Gasteiger charge is -2.46. The summed E-state index contributed by atoms with van der Waals surface area (Å²) in [6.45, 7) is 8.94. The van der Waals surface area contributed by atoms with Gasteiger partial charge in [0.15, 0.2) is 0 Å². The number of nitrogens with zero attached hydrogens (tertiary/aromatic N) is 1. The molecule has 1 saturated heterocycles. The lowest BCUT2D eigenvalue weighted by Crippen LogP contribution is -2.60. The van der Waals surface area contributed by atoms with Crippen molar-refractivity contribution in [3.8, 4) is 5.88 Å². The molecule has 2 aromatic rings. The Bertz CT molecular complexity index is 632. The van der Waals surface area contributed by atoms with Gasteiger partial charge in [0.05, 0.1) is 5.52 Å². The van der Waals surface area contributed by atoms with E-state index < -0.39 is 0 Å². The van der Waals surface area contributed by atoms with Gasteiger partial charge in [-0.15, -0.1) is 0 Å². The predicted octanol–water partition coefficient (Wildman–Crippen LogP) is 3.92. The summed E-state index contributed by atoms with van der Waals surface area (Å²) in [7, 11) is 0.